The lowest BCUT2D eigenvalue weighted by atomic mass is 9.91. The van der Waals surface area contributed by atoms with Gasteiger partial charge < -0.3 is 10.2 Å². The van der Waals surface area contributed by atoms with Crippen molar-refractivity contribution >= 4 is 32.8 Å². The zero-order chi connectivity index (χ0) is 30.0. The third kappa shape index (κ3) is 6.34. The number of rotatable bonds is 9. The maximum Gasteiger partial charge on any atom is 0.265 e. The van der Waals surface area contributed by atoms with Crippen LogP contribution in [-0.2, 0) is 16.4 Å². The fourth-order valence-corrected chi connectivity index (χ4v) is 6.70. The number of halogens is 2. The van der Waals surface area contributed by atoms with Crippen molar-refractivity contribution in [3.8, 4) is 11.3 Å². The number of sulfonamides is 1. The molecule has 2 N–H and O–H groups in total. The Labute approximate surface area is 244 Å². The molecule has 0 unspecified atom stereocenters. The number of anilines is 2. The Kier molecular flexibility index (Phi) is 8.65. The van der Waals surface area contributed by atoms with Crippen molar-refractivity contribution in [1.29, 1.82) is 0 Å². The molecule has 12 heteroatoms. The normalized spacial score (nSPS) is 17.6. The van der Waals surface area contributed by atoms with Gasteiger partial charge in [0.15, 0.2) is 0 Å². The summed E-state index contributed by atoms with van der Waals surface area (Å²) in [6.45, 7) is 3.79. The minimum absolute atomic E-state index is 0.0236. The second-order valence-corrected chi connectivity index (χ2v) is 12.5. The molecule has 42 heavy (non-hydrogen) atoms. The van der Waals surface area contributed by atoms with E-state index in [-0.39, 0.29) is 5.82 Å². The number of aromatic nitrogens is 4. The third-order valence-electron chi connectivity index (χ3n) is 7.81. The van der Waals surface area contributed by atoms with E-state index in [0.717, 1.165) is 55.3 Å². The lowest BCUT2D eigenvalue weighted by Gasteiger charge is -2.32. The fraction of sp³-hybridized carbons (Fsp3) is 0.400. The van der Waals surface area contributed by atoms with Crippen molar-refractivity contribution in [3.05, 3.63) is 65.5 Å². The molecule has 1 aliphatic rings. The van der Waals surface area contributed by atoms with Crippen LogP contribution < -0.4 is 10.0 Å². The summed E-state index contributed by atoms with van der Waals surface area (Å²) in [6, 6.07) is 11.1. The highest BCUT2D eigenvalue weighted by atomic mass is 32.2. The molecule has 0 bridgehead atoms. The van der Waals surface area contributed by atoms with Crippen molar-refractivity contribution in [1.82, 2.24) is 24.8 Å². The molecule has 4 aromatic rings. The van der Waals surface area contributed by atoms with Crippen LogP contribution in [0.1, 0.15) is 55.9 Å². The lowest BCUT2D eigenvalue weighted by molar-refractivity contribution is 0.148. The first kappa shape index (κ1) is 29.7. The van der Waals surface area contributed by atoms with Gasteiger partial charge in [-0.25, -0.2) is 37.1 Å². The molecule has 0 saturated heterocycles. The summed E-state index contributed by atoms with van der Waals surface area (Å²) in [5.74, 6) is 0.624. The number of nitrogens with zero attached hydrogens (tertiary/aromatic N) is 5. The largest absolute Gasteiger partial charge is 0.351 e. The van der Waals surface area contributed by atoms with Crippen molar-refractivity contribution in [2.75, 3.05) is 24.1 Å². The molecule has 3 heterocycles. The number of hydrogen-bond donors (Lipinski definition) is 2. The summed E-state index contributed by atoms with van der Waals surface area (Å²) >= 11 is 0. The van der Waals surface area contributed by atoms with E-state index in [1.165, 1.54) is 18.2 Å². The molecule has 0 amide bonds. The predicted octanol–water partition coefficient (Wildman–Crippen LogP) is 5.98. The van der Waals surface area contributed by atoms with Gasteiger partial charge in [0.1, 0.15) is 11.3 Å². The van der Waals surface area contributed by atoms with Crippen molar-refractivity contribution in [2.45, 2.75) is 69.4 Å². The molecule has 0 spiro atoms. The van der Waals surface area contributed by atoms with E-state index in [9.17, 15) is 17.2 Å². The van der Waals surface area contributed by atoms with Crippen molar-refractivity contribution in [3.63, 3.8) is 0 Å². The first-order chi connectivity index (χ1) is 20.1. The first-order valence-corrected chi connectivity index (χ1v) is 15.5. The Morgan fingerprint density at radius 1 is 1.02 bits per heavy atom. The standard InChI is InChI=1S/C30H35F2N7O2S/c1-5-19-16-24(36-25-17-33-30(37-28(19)25)35-20-10-12-21(13-11-20)39(3)4)22-14-15-27(34-18(22)2)38-42(40,41)26-9-7-6-8-23(26)29(31)32/h6-9,14-17,20-21,29H,5,10-13H2,1-4H3,(H,34,38)(H,33,35,37)/t20-,21-. The Hall–Kier alpha value is -3.77. The highest BCUT2D eigenvalue weighted by Crippen LogP contribution is 2.30. The van der Waals surface area contributed by atoms with Gasteiger partial charge in [-0.3, -0.25) is 4.72 Å². The Balaban J connectivity index is 1.38. The highest BCUT2D eigenvalue weighted by Gasteiger charge is 2.25. The smallest absolute Gasteiger partial charge is 0.265 e. The number of benzene rings is 1. The fourth-order valence-electron chi connectivity index (χ4n) is 5.47. The quantitative estimate of drug-likeness (QED) is 0.243. The van der Waals surface area contributed by atoms with E-state index >= 15 is 0 Å². The van der Waals surface area contributed by atoms with Crippen molar-refractivity contribution < 1.29 is 17.2 Å². The predicted molar refractivity (Wildman–Crippen MR) is 160 cm³/mol. The molecule has 0 radical (unpaired) electrons. The molecule has 1 saturated carbocycles. The van der Waals surface area contributed by atoms with Gasteiger partial charge in [-0.2, -0.15) is 0 Å². The number of nitrogens with one attached hydrogen (secondary N) is 2. The van der Waals surface area contributed by atoms with Crippen LogP contribution in [0.4, 0.5) is 20.5 Å². The number of aryl methyl sites for hydroxylation is 2. The van der Waals surface area contributed by atoms with Gasteiger partial charge in [-0.05, 0) is 83.0 Å². The van der Waals surface area contributed by atoms with Crippen LogP contribution in [0.2, 0.25) is 0 Å². The molecular weight excluding hydrogens is 560 g/mol. The molecular formula is C30H35F2N7O2S. The Bertz CT molecular complexity index is 1690. The summed E-state index contributed by atoms with van der Waals surface area (Å²) in [7, 11) is -0.0173. The summed E-state index contributed by atoms with van der Waals surface area (Å²) in [6.07, 6.45) is 3.94. The minimum atomic E-state index is -4.28. The van der Waals surface area contributed by atoms with Crippen molar-refractivity contribution in [2.24, 2.45) is 0 Å². The zero-order valence-corrected chi connectivity index (χ0v) is 24.9. The van der Waals surface area contributed by atoms with E-state index in [1.54, 1.807) is 19.2 Å². The number of alkyl halides is 2. The SMILES string of the molecule is CCc1cc(-c2ccc(NS(=O)(=O)c3ccccc3C(F)F)nc2C)nc2cnc(N[C@H]3CC[C@H](N(C)C)CC3)nc12. The third-order valence-corrected chi connectivity index (χ3v) is 9.24. The van der Waals surface area contributed by atoms with Gasteiger partial charge in [0.25, 0.3) is 16.4 Å². The topological polar surface area (TPSA) is 113 Å². The summed E-state index contributed by atoms with van der Waals surface area (Å²) in [5.41, 5.74) is 3.77. The summed E-state index contributed by atoms with van der Waals surface area (Å²) in [4.78, 5) is 20.4. The second-order valence-electron chi connectivity index (χ2n) is 10.8. The molecule has 9 nitrogen and oxygen atoms in total. The van der Waals surface area contributed by atoms with Crippen LogP contribution in [0.25, 0.3) is 22.3 Å². The van der Waals surface area contributed by atoms with E-state index in [4.69, 9.17) is 9.97 Å². The van der Waals surface area contributed by atoms with Gasteiger partial charge in [0, 0.05) is 28.9 Å². The number of pyridine rings is 2. The Morgan fingerprint density at radius 3 is 2.43 bits per heavy atom. The van der Waals surface area contributed by atoms with Crippen LogP contribution in [0.3, 0.4) is 0 Å². The van der Waals surface area contributed by atoms with Crippen LogP contribution in [0.15, 0.2) is 53.6 Å². The van der Waals surface area contributed by atoms with Gasteiger partial charge in [-0.1, -0.05) is 25.1 Å². The van der Waals surface area contributed by atoms with Crippen LogP contribution in [0.5, 0.6) is 0 Å². The zero-order valence-electron chi connectivity index (χ0n) is 24.1. The molecule has 5 rings (SSSR count). The number of hydrogen-bond acceptors (Lipinski definition) is 8. The van der Waals surface area contributed by atoms with Gasteiger partial charge >= 0.3 is 0 Å². The van der Waals surface area contributed by atoms with Crippen LogP contribution in [0, 0.1) is 6.92 Å². The molecule has 0 atom stereocenters. The monoisotopic (exact) mass is 595 g/mol. The van der Waals surface area contributed by atoms with Gasteiger partial charge in [0.2, 0.25) is 5.95 Å². The second kappa shape index (κ2) is 12.2. The molecule has 0 aliphatic heterocycles. The van der Waals surface area contributed by atoms with E-state index in [0.29, 0.717) is 40.5 Å². The molecule has 1 aromatic carbocycles. The van der Waals surface area contributed by atoms with Crippen LogP contribution in [-0.4, -0.2) is 59.4 Å². The Morgan fingerprint density at radius 2 is 1.76 bits per heavy atom. The van der Waals surface area contributed by atoms with E-state index < -0.39 is 26.9 Å². The highest BCUT2D eigenvalue weighted by molar-refractivity contribution is 7.92. The van der Waals surface area contributed by atoms with Crippen LogP contribution >= 0.6 is 0 Å². The average Bonchev–Trinajstić information content (AvgIpc) is 2.96. The van der Waals surface area contributed by atoms with Gasteiger partial charge in [-0.15, -0.1) is 0 Å². The minimum Gasteiger partial charge on any atom is -0.351 e. The lowest BCUT2D eigenvalue weighted by Crippen LogP contribution is -2.36. The summed E-state index contributed by atoms with van der Waals surface area (Å²) < 4.78 is 54.9. The average molecular weight is 596 g/mol. The molecule has 1 fully saturated rings. The van der Waals surface area contributed by atoms with Gasteiger partial charge in [0.05, 0.1) is 22.3 Å². The molecule has 3 aromatic heterocycles. The summed E-state index contributed by atoms with van der Waals surface area (Å²) in [5, 5.41) is 3.51. The number of fused-ring (bicyclic) bond motifs is 1. The molecule has 222 valence electrons. The van der Waals surface area contributed by atoms with E-state index in [2.05, 4.69) is 45.9 Å². The first-order valence-electron chi connectivity index (χ1n) is 14.0. The van der Waals surface area contributed by atoms with E-state index in [1.807, 2.05) is 6.07 Å². The molecule has 1 aliphatic carbocycles. The maximum absolute atomic E-state index is 13.4. The maximum atomic E-state index is 13.4.